The number of anilines is 1. The quantitative estimate of drug-likeness (QED) is 0.795. The van der Waals surface area contributed by atoms with E-state index in [2.05, 4.69) is 23.3 Å². The Morgan fingerprint density at radius 2 is 1.94 bits per heavy atom. The Kier molecular flexibility index (Phi) is 2.96. The lowest BCUT2D eigenvalue weighted by molar-refractivity contribution is -0.133. The van der Waals surface area contributed by atoms with Gasteiger partial charge in [0.05, 0.1) is 0 Å². The molecule has 0 radical (unpaired) electrons. The molecule has 1 N–H and O–H groups in total. The maximum atomic E-state index is 12.4. The van der Waals surface area contributed by atoms with E-state index in [1.165, 1.54) is 5.56 Å². The number of nitrogens with one attached hydrogen (secondary N) is 1. The third-order valence-corrected chi connectivity index (χ3v) is 3.88. The Hall–Kier alpha value is -1.55. The van der Waals surface area contributed by atoms with Gasteiger partial charge in [-0.15, -0.1) is 0 Å². The Morgan fingerprint density at radius 1 is 1.22 bits per heavy atom. The van der Waals surface area contributed by atoms with Gasteiger partial charge in [0.2, 0.25) is 5.91 Å². The van der Waals surface area contributed by atoms with Crippen LogP contribution < -0.4 is 5.32 Å². The highest BCUT2D eigenvalue weighted by molar-refractivity contribution is 5.87. The summed E-state index contributed by atoms with van der Waals surface area (Å²) in [5, 5.41) is 3.34. The summed E-state index contributed by atoms with van der Waals surface area (Å²) >= 11 is 0. The number of benzene rings is 1. The molecule has 0 saturated carbocycles. The van der Waals surface area contributed by atoms with E-state index in [0.717, 1.165) is 38.3 Å². The van der Waals surface area contributed by atoms with Gasteiger partial charge in [0.15, 0.2) is 0 Å². The lowest BCUT2D eigenvalue weighted by Crippen LogP contribution is -2.51. The van der Waals surface area contributed by atoms with E-state index in [1.54, 1.807) is 0 Å². The molecule has 2 heterocycles. The molecular formula is C14H19N3O. The average molecular weight is 245 g/mol. The number of hydrogen-bond acceptors (Lipinski definition) is 3. The molecule has 3 rings (SSSR count). The van der Waals surface area contributed by atoms with Crippen LogP contribution in [0.15, 0.2) is 24.3 Å². The Balaban J connectivity index is 1.65. The number of carbonyl (C=O) groups is 1. The maximum Gasteiger partial charge on any atom is 0.245 e. The van der Waals surface area contributed by atoms with Crippen LogP contribution in [-0.4, -0.2) is 55.0 Å². The second-order valence-corrected chi connectivity index (χ2v) is 5.19. The number of amides is 1. The van der Waals surface area contributed by atoms with Crippen LogP contribution in [0.5, 0.6) is 0 Å². The summed E-state index contributed by atoms with van der Waals surface area (Å²) in [5.74, 6) is 0.249. The van der Waals surface area contributed by atoms with Crippen LogP contribution in [0.4, 0.5) is 5.69 Å². The number of fused-ring (bicyclic) bond motifs is 1. The van der Waals surface area contributed by atoms with Gasteiger partial charge in [-0.1, -0.05) is 18.2 Å². The largest absolute Gasteiger partial charge is 0.373 e. The third-order valence-electron chi connectivity index (χ3n) is 3.88. The van der Waals surface area contributed by atoms with Crippen LogP contribution >= 0.6 is 0 Å². The molecule has 1 aromatic carbocycles. The zero-order chi connectivity index (χ0) is 12.5. The smallest absolute Gasteiger partial charge is 0.245 e. The molecule has 4 heteroatoms. The fourth-order valence-corrected chi connectivity index (χ4v) is 2.69. The highest BCUT2D eigenvalue weighted by Crippen LogP contribution is 2.26. The summed E-state index contributed by atoms with van der Waals surface area (Å²) in [5.41, 5.74) is 2.37. The first kappa shape index (κ1) is 11.5. The van der Waals surface area contributed by atoms with E-state index in [4.69, 9.17) is 0 Å². The minimum absolute atomic E-state index is 0.0641. The summed E-state index contributed by atoms with van der Waals surface area (Å²) in [6.07, 6.45) is 0.821. The molecule has 1 atom stereocenters. The van der Waals surface area contributed by atoms with Crippen LogP contribution in [0.1, 0.15) is 5.56 Å². The lowest BCUT2D eigenvalue weighted by Gasteiger charge is -2.34. The molecular weight excluding hydrogens is 226 g/mol. The van der Waals surface area contributed by atoms with Crippen molar-refractivity contribution in [3.8, 4) is 0 Å². The van der Waals surface area contributed by atoms with Crippen molar-refractivity contribution in [2.75, 3.05) is 38.5 Å². The summed E-state index contributed by atoms with van der Waals surface area (Å²) in [4.78, 5) is 16.7. The number of hydrogen-bond donors (Lipinski definition) is 1. The molecule has 0 aliphatic carbocycles. The molecule has 0 unspecified atom stereocenters. The van der Waals surface area contributed by atoms with Crippen LogP contribution in [0.2, 0.25) is 0 Å². The monoisotopic (exact) mass is 245 g/mol. The number of piperazine rings is 1. The summed E-state index contributed by atoms with van der Waals surface area (Å²) in [6, 6.07) is 8.12. The second-order valence-electron chi connectivity index (χ2n) is 5.19. The molecule has 4 nitrogen and oxygen atoms in total. The van der Waals surface area contributed by atoms with Crippen molar-refractivity contribution in [1.29, 1.82) is 0 Å². The second kappa shape index (κ2) is 4.61. The van der Waals surface area contributed by atoms with Crippen molar-refractivity contribution in [2.24, 2.45) is 0 Å². The zero-order valence-corrected chi connectivity index (χ0v) is 10.7. The molecule has 18 heavy (non-hydrogen) atoms. The van der Waals surface area contributed by atoms with Crippen molar-refractivity contribution >= 4 is 11.6 Å². The number of rotatable bonds is 1. The minimum Gasteiger partial charge on any atom is -0.373 e. The number of likely N-dealkylation sites (N-methyl/N-ethyl adjacent to an activating group) is 1. The topological polar surface area (TPSA) is 35.6 Å². The highest BCUT2D eigenvalue weighted by Gasteiger charge is 2.30. The maximum absolute atomic E-state index is 12.4. The number of carbonyl (C=O) groups excluding carboxylic acids is 1. The molecule has 1 aromatic rings. The van der Waals surface area contributed by atoms with Gasteiger partial charge in [0, 0.05) is 38.3 Å². The van der Waals surface area contributed by atoms with E-state index < -0.39 is 0 Å². The van der Waals surface area contributed by atoms with Crippen LogP contribution in [-0.2, 0) is 11.2 Å². The molecule has 0 aromatic heterocycles. The summed E-state index contributed by atoms with van der Waals surface area (Å²) in [6.45, 7) is 3.66. The van der Waals surface area contributed by atoms with Crippen molar-refractivity contribution in [1.82, 2.24) is 9.80 Å². The van der Waals surface area contributed by atoms with Crippen LogP contribution in [0, 0.1) is 0 Å². The van der Waals surface area contributed by atoms with Gasteiger partial charge < -0.3 is 15.1 Å². The molecule has 0 spiro atoms. The SMILES string of the molecule is CN1CCN(C(=O)[C@@H]2Cc3ccccc3N2)CC1. The van der Waals surface area contributed by atoms with E-state index in [0.29, 0.717) is 0 Å². The van der Waals surface area contributed by atoms with E-state index in [1.807, 2.05) is 23.1 Å². The van der Waals surface area contributed by atoms with Gasteiger partial charge in [-0.2, -0.15) is 0 Å². The molecule has 2 aliphatic rings. The molecule has 2 aliphatic heterocycles. The summed E-state index contributed by atoms with van der Waals surface area (Å²) in [7, 11) is 2.10. The van der Waals surface area contributed by atoms with Gasteiger partial charge in [-0.05, 0) is 18.7 Å². The highest BCUT2D eigenvalue weighted by atomic mass is 16.2. The third kappa shape index (κ3) is 2.08. The Bertz CT molecular complexity index is 427. The number of nitrogens with zero attached hydrogens (tertiary/aromatic N) is 2. The average Bonchev–Trinajstić information content (AvgIpc) is 2.82. The van der Waals surface area contributed by atoms with Crippen molar-refractivity contribution < 1.29 is 4.79 Å². The molecule has 1 saturated heterocycles. The molecule has 1 amide bonds. The van der Waals surface area contributed by atoms with E-state index >= 15 is 0 Å². The first-order chi connectivity index (χ1) is 8.74. The Labute approximate surface area is 108 Å². The van der Waals surface area contributed by atoms with E-state index in [9.17, 15) is 4.79 Å². The predicted octanol–water partition coefficient (Wildman–Crippen LogP) is 0.797. The van der Waals surface area contributed by atoms with E-state index in [-0.39, 0.29) is 11.9 Å². The van der Waals surface area contributed by atoms with Crippen molar-refractivity contribution in [3.05, 3.63) is 29.8 Å². The molecule has 96 valence electrons. The molecule has 1 fully saturated rings. The first-order valence-corrected chi connectivity index (χ1v) is 6.56. The van der Waals surface area contributed by atoms with Gasteiger partial charge in [-0.3, -0.25) is 4.79 Å². The van der Waals surface area contributed by atoms with Crippen LogP contribution in [0.25, 0.3) is 0 Å². The van der Waals surface area contributed by atoms with Crippen molar-refractivity contribution in [2.45, 2.75) is 12.5 Å². The summed E-state index contributed by atoms with van der Waals surface area (Å²) < 4.78 is 0. The van der Waals surface area contributed by atoms with Gasteiger partial charge >= 0.3 is 0 Å². The fraction of sp³-hybridized carbons (Fsp3) is 0.500. The van der Waals surface area contributed by atoms with Crippen molar-refractivity contribution in [3.63, 3.8) is 0 Å². The zero-order valence-electron chi connectivity index (χ0n) is 10.7. The Morgan fingerprint density at radius 3 is 2.67 bits per heavy atom. The van der Waals surface area contributed by atoms with Gasteiger partial charge in [0.25, 0.3) is 0 Å². The first-order valence-electron chi connectivity index (χ1n) is 6.56. The standard InChI is InChI=1S/C14H19N3O/c1-16-6-8-17(9-7-16)14(18)13-10-11-4-2-3-5-12(11)15-13/h2-5,13,15H,6-10H2,1H3/t13-/m0/s1. The fourth-order valence-electron chi connectivity index (χ4n) is 2.69. The molecule has 0 bridgehead atoms. The number of para-hydroxylation sites is 1. The van der Waals surface area contributed by atoms with Crippen LogP contribution in [0.3, 0.4) is 0 Å². The predicted molar refractivity (Wildman–Crippen MR) is 71.6 cm³/mol. The normalized spacial score (nSPS) is 23.6. The van der Waals surface area contributed by atoms with Gasteiger partial charge in [0.1, 0.15) is 6.04 Å². The minimum atomic E-state index is -0.0641. The van der Waals surface area contributed by atoms with Gasteiger partial charge in [-0.25, -0.2) is 0 Å². The lowest BCUT2D eigenvalue weighted by atomic mass is 10.1.